The Bertz CT molecular complexity index is 708. The van der Waals surface area contributed by atoms with E-state index in [4.69, 9.17) is 22.0 Å². The van der Waals surface area contributed by atoms with Crippen LogP contribution in [-0.2, 0) is 17.8 Å². The van der Waals surface area contributed by atoms with E-state index in [9.17, 15) is 4.79 Å². The first kappa shape index (κ1) is 14.9. The van der Waals surface area contributed by atoms with Gasteiger partial charge in [0.1, 0.15) is 6.07 Å². The van der Waals surface area contributed by atoms with Gasteiger partial charge in [0, 0.05) is 6.54 Å². The number of rotatable bonds is 5. The molecule has 0 heterocycles. The molecule has 2 rings (SSSR count). The van der Waals surface area contributed by atoms with E-state index in [2.05, 4.69) is 11.4 Å². The Balaban J connectivity index is 2.20. The molecule has 2 aromatic carbocycles. The van der Waals surface area contributed by atoms with Gasteiger partial charge in [0.25, 0.3) is 0 Å². The molecule has 106 valence electrons. The number of nitrogens with one attached hydrogen (secondary N) is 1. The summed E-state index contributed by atoms with van der Waals surface area (Å²) in [4.78, 5) is 10.9. The molecule has 2 N–H and O–H groups in total. The Morgan fingerprint density at radius 1 is 1.19 bits per heavy atom. The van der Waals surface area contributed by atoms with Gasteiger partial charge < -0.3 is 10.4 Å². The second-order valence-electron chi connectivity index (χ2n) is 4.47. The van der Waals surface area contributed by atoms with E-state index in [1.165, 1.54) is 0 Å². The lowest BCUT2D eigenvalue weighted by Crippen LogP contribution is -2.08. The summed E-state index contributed by atoms with van der Waals surface area (Å²) in [5.41, 5.74) is 2.65. The average molecular weight is 301 g/mol. The van der Waals surface area contributed by atoms with E-state index < -0.39 is 5.97 Å². The molecule has 0 aliphatic rings. The first-order valence-electron chi connectivity index (χ1n) is 6.33. The largest absolute Gasteiger partial charge is 0.481 e. The van der Waals surface area contributed by atoms with Gasteiger partial charge in [-0.05, 0) is 23.3 Å². The molecule has 21 heavy (non-hydrogen) atoms. The van der Waals surface area contributed by atoms with Gasteiger partial charge >= 0.3 is 5.97 Å². The van der Waals surface area contributed by atoms with Gasteiger partial charge in [-0.15, -0.1) is 0 Å². The van der Waals surface area contributed by atoms with Crippen molar-refractivity contribution in [1.29, 1.82) is 5.26 Å². The van der Waals surface area contributed by atoms with Crippen molar-refractivity contribution in [2.24, 2.45) is 0 Å². The van der Waals surface area contributed by atoms with Gasteiger partial charge in [0.15, 0.2) is 0 Å². The summed E-state index contributed by atoms with van der Waals surface area (Å²) in [5.74, 6) is -0.872. The van der Waals surface area contributed by atoms with Crippen LogP contribution >= 0.6 is 11.6 Å². The average Bonchev–Trinajstić information content (AvgIpc) is 2.46. The van der Waals surface area contributed by atoms with Crippen LogP contribution < -0.4 is 5.32 Å². The number of aliphatic carboxylic acids is 1. The molecule has 0 saturated carbocycles. The van der Waals surface area contributed by atoms with Crippen molar-refractivity contribution in [2.45, 2.75) is 13.0 Å². The highest BCUT2D eigenvalue weighted by molar-refractivity contribution is 6.32. The summed E-state index contributed by atoms with van der Waals surface area (Å²) in [5, 5.41) is 21.6. The van der Waals surface area contributed by atoms with Crippen molar-refractivity contribution >= 4 is 23.3 Å². The number of halogens is 1. The summed E-state index contributed by atoms with van der Waals surface area (Å²) in [7, 11) is 0. The number of hydrogen-bond acceptors (Lipinski definition) is 3. The minimum Gasteiger partial charge on any atom is -0.481 e. The molecule has 5 heteroatoms. The Morgan fingerprint density at radius 2 is 1.90 bits per heavy atom. The van der Waals surface area contributed by atoms with Crippen LogP contribution in [0, 0.1) is 11.3 Å². The van der Waals surface area contributed by atoms with Crippen LogP contribution in [0.25, 0.3) is 0 Å². The highest BCUT2D eigenvalue weighted by atomic mass is 35.5. The highest BCUT2D eigenvalue weighted by Gasteiger charge is 2.09. The quantitative estimate of drug-likeness (QED) is 0.887. The van der Waals surface area contributed by atoms with E-state index in [-0.39, 0.29) is 6.42 Å². The molecular weight excluding hydrogens is 288 g/mol. The molecule has 0 spiro atoms. The third kappa shape index (κ3) is 3.74. The van der Waals surface area contributed by atoms with Crippen molar-refractivity contribution in [3.05, 3.63) is 64.2 Å². The minimum atomic E-state index is -0.872. The van der Waals surface area contributed by atoms with Gasteiger partial charge in [0.05, 0.1) is 22.7 Å². The van der Waals surface area contributed by atoms with E-state index in [1.807, 2.05) is 18.2 Å². The van der Waals surface area contributed by atoms with Gasteiger partial charge in [-0.3, -0.25) is 4.79 Å². The van der Waals surface area contributed by atoms with E-state index in [0.717, 1.165) is 11.1 Å². The molecule has 2 aromatic rings. The van der Waals surface area contributed by atoms with E-state index in [0.29, 0.717) is 22.8 Å². The lowest BCUT2D eigenvalue weighted by atomic mass is 10.0. The predicted octanol–water partition coefficient (Wildman–Crippen LogP) is 3.45. The highest BCUT2D eigenvalue weighted by Crippen LogP contribution is 2.24. The summed E-state index contributed by atoms with van der Waals surface area (Å²) in [6.07, 6.45) is -0.0293. The van der Waals surface area contributed by atoms with Crippen LogP contribution in [0.4, 0.5) is 5.69 Å². The molecule has 0 atom stereocenters. The molecule has 0 radical (unpaired) electrons. The predicted molar refractivity (Wildman–Crippen MR) is 81.3 cm³/mol. The van der Waals surface area contributed by atoms with Crippen molar-refractivity contribution in [3.63, 3.8) is 0 Å². The standard InChI is InChI=1S/C16H13ClN2O2/c17-14-6-3-7-15(13(14)9-18)19-10-12-5-2-1-4-11(12)8-16(20)21/h1-7,19H,8,10H2,(H,20,21). The SMILES string of the molecule is N#Cc1c(Cl)cccc1NCc1ccccc1CC(=O)O. The Morgan fingerprint density at radius 3 is 2.57 bits per heavy atom. The Labute approximate surface area is 127 Å². The molecule has 0 bridgehead atoms. The molecule has 0 fully saturated rings. The number of carboxylic acids is 1. The number of carbonyl (C=O) groups is 1. The van der Waals surface area contributed by atoms with Gasteiger partial charge in [-0.1, -0.05) is 41.9 Å². The van der Waals surface area contributed by atoms with Crippen LogP contribution in [0.5, 0.6) is 0 Å². The molecule has 0 saturated heterocycles. The van der Waals surface area contributed by atoms with E-state index in [1.54, 1.807) is 24.3 Å². The molecular formula is C16H13ClN2O2. The van der Waals surface area contributed by atoms with Gasteiger partial charge in [0.2, 0.25) is 0 Å². The lowest BCUT2D eigenvalue weighted by molar-refractivity contribution is -0.136. The van der Waals surface area contributed by atoms with Crippen LogP contribution in [0.15, 0.2) is 42.5 Å². The van der Waals surface area contributed by atoms with Crippen molar-refractivity contribution in [3.8, 4) is 6.07 Å². The third-order valence-electron chi connectivity index (χ3n) is 3.05. The number of carboxylic acid groups (broad SMARTS) is 1. The normalized spacial score (nSPS) is 9.90. The molecule has 0 unspecified atom stereocenters. The van der Waals surface area contributed by atoms with Crippen molar-refractivity contribution in [2.75, 3.05) is 5.32 Å². The van der Waals surface area contributed by atoms with Crippen LogP contribution in [0.1, 0.15) is 16.7 Å². The number of nitriles is 1. The summed E-state index contributed by atoms with van der Waals surface area (Å²) in [6.45, 7) is 0.429. The zero-order valence-corrected chi connectivity index (χ0v) is 11.9. The van der Waals surface area contributed by atoms with Gasteiger partial charge in [-0.25, -0.2) is 0 Å². The zero-order chi connectivity index (χ0) is 15.2. The second-order valence-corrected chi connectivity index (χ2v) is 4.87. The lowest BCUT2D eigenvalue weighted by Gasteiger charge is -2.12. The minimum absolute atomic E-state index is 0.0293. The number of benzene rings is 2. The third-order valence-corrected chi connectivity index (χ3v) is 3.37. The fourth-order valence-corrected chi connectivity index (χ4v) is 2.26. The van der Waals surface area contributed by atoms with E-state index >= 15 is 0 Å². The summed E-state index contributed by atoms with van der Waals surface area (Å²) in [6, 6.07) is 14.6. The Hall–Kier alpha value is -2.51. The van der Waals surface area contributed by atoms with Crippen molar-refractivity contribution < 1.29 is 9.90 Å². The smallest absolute Gasteiger partial charge is 0.307 e. The maximum absolute atomic E-state index is 10.9. The van der Waals surface area contributed by atoms with Gasteiger partial charge in [-0.2, -0.15) is 5.26 Å². The molecule has 0 aromatic heterocycles. The maximum atomic E-state index is 10.9. The molecule has 4 nitrogen and oxygen atoms in total. The number of hydrogen-bond donors (Lipinski definition) is 2. The summed E-state index contributed by atoms with van der Waals surface area (Å²) >= 11 is 5.97. The maximum Gasteiger partial charge on any atom is 0.307 e. The van der Waals surface area contributed by atoms with Crippen molar-refractivity contribution in [1.82, 2.24) is 0 Å². The monoisotopic (exact) mass is 300 g/mol. The number of nitrogens with zero attached hydrogens (tertiary/aromatic N) is 1. The van der Waals surface area contributed by atoms with Crippen LogP contribution in [-0.4, -0.2) is 11.1 Å². The molecule has 0 aliphatic carbocycles. The number of anilines is 1. The topological polar surface area (TPSA) is 73.1 Å². The molecule has 0 aliphatic heterocycles. The summed E-state index contributed by atoms with van der Waals surface area (Å²) < 4.78 is 0. The second kappa shape index (κ2) is 6.78. The first-order chi connectivity index (χ1) is 10.1. The zero-order valence-electron chi connectivity index (χ0n) is 11.1. The van der Waals surface area contributed by atoms with Crippen LogP contribution in [0.3, 0.4) is 0 Å². The Kier molecular flexibility index (Phi) is 4.81. The molecule has 0 amide bonds. The first-order valence-corrected chi connectivity index (χ1v) is 6.70. The fourth-order valence-electron chi connectivity index (χ4n) is 2.04. The van der Waals surface area contributed by atoms with Crippen LogP contribution in [0.2, 0.25) is 5.02 Å². The fraction of sp³-hybridized carbons (Fsp3) is 0.125.